The van der Waals surface area contributed by atoms with Crippen LogP contribution in [0.2, 0.25) is 0 Å². The van der Waals surface area contributed by atoms with E-state index in [1.54, 1.807) is 0 Å². The van der Waals surface area contributed by atoms with Crippen molar-refractivity contribution in [2.75, 3.05) is 13.2 Å². The molecule has 1 heterocycles. The lowest BCUT2D eigenvalue weighted by molar-refractivity contribution is 0.0216. The lowest BCUT2D eigenvalue weighted by Gasteiger charge is -2.32. The van der Waals surface area contributed by atoms with Crippen molar-refractivity contribution in [1.82, 2.24) is 0 Å². The highest BCUT2D eigenvalue weighted by Crippen LogP contribution is 2.28. The van der Waals surface area contributed by atoms with Crippen LogP contribution in [0.4, 0.5) is 0 Å². The number of alkyl halides is 1. The van der Waals surface area contributed by atoms with Crippen LogP contribution in [-0.4, -0.2) is 18.6 Å². The molecule has 11 heavy (non-hydrogen) atoms. The molecule has 0 aromatic heterocycles. The highest BCUT2D eigenvalue weighted by Gasteiger charge is 2.28. The summed E-state index contributed by atoms with van der Waals surface area (Å²) in [6, 6.07) is 0. The summed E-state index contributed by atoms with van der Waals surface area (Å²) in [4.78, 5) is 0. The van der Waals surface area contributed by atoms with E-state index in [1.165, 1.54) is 12.8 Å². The topological polar surface area (TPSA) is 9.23 Å². The Hall–Kier alpha value is 0.250. The van der Waals surface area contributed by atoms with Crippen molar-refractivity contribution < 1.29 is 4.74 Å². The minimum absolute atomic E-state index is 0.337. The molecule has 0 aromatic rings. The maximum atomic E-state index is 6.23. The largest absolute Gasteiger partial charge is 0.381 e. The van der Waals surface area contributed by atoms with Gasteiger partial charge in [-0.25, -0.2) is 0 Å². The van der Waals surface area contributed by atoms with Gasteiger partial charge in [0.1, 0.15) is 0 Å². The summed E-state index contributed by atoms with van der Waals surface area (Å²) < 4.78 is 5.43. The smallest absolute Gasteiger partial charge is 0.0508 e. The van der Waals surface area contributed by atoms with E-state index in [-0.39, 0.29) is 0 Å². The van der Waals surface area contributed by atoms with Crippen molar-refractivity contribution >= 4 is 11.6 Å². The first-order valence-corrected chi connectivity index (χ1v) is 4.91. The molecular weight excluding hydrogens is 160 g/mol. The van der Waals surface area contributed by atoms with Gasteiger partial charge in [0.05, 0.1) is 13.2 Å². The Morgan fingerprint density at radius 2 is 2.18 bits per heavy atom. The molecular formula is C9H17ClO. The zero-order valence-corrected chi connectivity index (χ0v) is 8.10. The second kappa shape index (κ2) is 4.32. The van der Waals surface area contributed by atoms with Crippen LogP contribution in [-0.2, 0) is 4.74 Å². The number of hydrogen-bond acceptors (Lipinski definition) is 1. The van der Waals surface area contributed by atoms with E-state index >= 15 is 0 Å². The van der Waals surface area contributed by atoms with Crippen molar-refractivity contribution in [3.63, 3.8) is 0 Å². The fourth-order valence-electron chi connectivity index (χ4n) is 1.67. The van der Waals surface area contributed by atoms with Gasteiger partial charge >= 0.3 is 0 Å². The Morgan fingerprint density at radius 3 is 2.82 bits per heavy atom. The van der Waals surface area contributed by atoms with Crippen molar-refractivity contribution in [2.45, 2.75) is 32.1 Å². The number of rotatable bonds is 2. The average molecular weight is 177 g/mol. The van der Waals surface area contributed by atoms with Gasteiger partial charge in [-0.05, 0) is 18.3 Å². The van der Waals surface area contributed by atoms with Crippen LogP contribution in [0.5, 0.6) is 0 Å². The van der Waals surface area contributed by atoms with E-state index in [4.69, 9.17) is 16.3 Å². The van der Waals surface area contributed by atoms with Crippen LogP contribution < -0.4 is 0 Å². The van der Waals surface area contributed by atoms with Gasteiger partial charge in [-0.2, -0.15) is 0 Å². The molecule has 0 saturated carbocycles. The SMILES string of the molecule is CCCC1COCC(C)C1Cl. The molecule has 0 radical (unpaired) electrons. The molecule has 1 rings (SSSR count). The lowest BCUT2D eigenvalue weighted by Crippen LogP contribution is -2.34. The molecule has 0 N–H and O–H groups in total. The van der Waals surface area contributed by atoms with Gasteiger partial charge in [-0.1, -0.05) is 20.3 Å². The molecule has 1 fully saturated rings. The Bertz CT molecular complexity index is 114. The molecule has 0 aliphatic carbocycles. The number of halogens is 1. The Morgan fingerprint density at radius 1 is 1.45 bits per heavy atom. The third-order valence-corrected chi connectivity index (χ3v) is 3.15. The van der Waals surface area contributed by atoms with E-state index in [0.717, 1.165) is 13.2 Å². The summed E-state index contributed by atoms with van der Waals surface area (Å²) in [5.74, 6) is 1.12. The average Bonchev–Trinajstić information content (AvgIpc) is 1.99. The highest BCUT2D eigenvalue weighted by atomic mass is 35.5. The first kappa shape index (κ1) is 9.34. The molecule has 0 bridgehead atoms. The Kier molecular flexibility index (Phi) is 3.67. The third kappa shape index (κ3) is 2.34. The normalized spacial score (nSPS) is 39.0. The molecule has 1 nitrogen and oxygen atoms in total. The van der Waals surface area contributed by atoms with E-state index in [1.807, 2.05) is 0 Å². The molecule has 0 spiro atoms. The van der Waals surface area contributed by atoms with Gasteiger partial charge < -0.3 is 4.74 Å². The van der Waals surface area contributed by atoms with Gasteiger partial charge in [-0.3, -0.25) is 0 Å². The summed E-state index contributed by atoms with van der Waals surface area (Å²) in [5.41, 5.74) is 0. The van der Waals surface area contributed by atoms with Crippen LogP contribution in [0, 0.1) is 11.8 Å². The summed E-state index contributed by atoms with van der Waals surface area (Å²) >= 11 is 6.23. The fourth-order valence-corrected chi connectivity index (χ4v) is 1.94. The van der Waals surface area contributed by atoms with Crippen molar-refractivity contribution in [1.29, 1.82) is 0 Å². The maximum absolute atomic E-state index is 6.23. The molecule has 3 atom stereocenters. The molecule has 1 aliphatic heterocycles. The van der Waals surface area contributed by atoms with Crippen LogP contribution in [0.15, 0.2) is 0 Å². The zero-order chi connectivity index (χ0) is 8.27. The second-order valence-electron chi connectivity index (χ2n) is 3.51. The van der Waals surface area contributed by atoms with Crippen LogP contribution in [0.25, 0.3) is 0 Å². The quantitative estimate of drug-likeness (QED) is 0.588. The lowest BCUT2D eigenvalue weighted by atomic mass is 9.90. The monoisotopic (exact) mass is 176 g/mol. The molecule has 66 valence electrons. The predicted octanol–water partition coefficient (Wildman–Crippen LogP) is 2.68. The van der Waals surface area contributed by atoms with Gasteiger partial charge in [-0.15, -0.1) is 11.6 Å². The molecule has 0 amide bonds. The first-order valence-electron chi connectivity index (χ1n) is 4.47. The Labute approximate surface area is 74.1 Å². The van der Waals surface area contributed by atoms with Crippen molar-refractivity contribution in [3.05, 3.63) is 0 Å². The number of ether oxygens (including phenoxy) is 1. The standard InChI is InChI=1S/C9H17ClO/c1-3-4-8-6-11-5-7(2)9(8)10/h7-9H,3-6H2,1-2H3. The van der Waals surface area contributed by atoms with E-state index in [2.05, 4.69) is 13.8 Å². The minimum Gasteiger partial charge on any atom is -0.381 e. The van der Waals surface area contributed by atoms with Crippen LogP contribution in [0.3, 0.4) is 0 Å². The highest BCUT2D eigenvalue weighted by molar-refractivity contribution is 6.21. The molecule has 1 saturated heterocycles. The van der Waals surface area contributed by atoms with Gasteiger partial charge in [0, 0.05) is 5.38 Å². The summed E-state index contributed by atoms with van der Waals surface area (Å²) in [5, 5.41) is 0.337. The summed E-state index contributed by atoms with van der Waals surface area (Å²) in [6.07, 6.45) is 2.42. The van der Waals surface area contributed by atoms with E-state index in [9.17, 15) is 0 Å². The second-order valence-corrected chi connectivity index (χ2v) is 4.01. The van der Waals surface area contributed by atoms with Gasteiger partial charge in [0.2, 0.25) is 0 Å². The summed E-state index contributed by atoms with van der Waals surface area (Å²) in [7, 11) is 0. The van der Waals surface area contributed by atoms with Crippen molar-refractivity contribution in [2.24, 2.45) is 11.8 Å². The molecule has 3 unspecified atom stereocenters. The van der Waals surface area contributed by atoms with Gasteiger partial charge in [0.25, 0.3) is 0 Å². The van der Waals surface area contributed by atoms with Crippen molar-refractivity contribution in [3.8, 4) is 0 Å². The zero-order valence-electron chi connectivity index (χ0n) is 7.35. The Balaban J connectivity index is 2.38. The molecule has 1 aliphatic rings. The van der Waals surface area contributed by atoms with Gasteiger partial charge in [0.15, 0.2) is 0 Å². The maximum Gasteiger partial charge on any atom is 0.0508 e. The van der Waals surface area contributed by atoms with E-state index < -0.39 is 0 Å². The number of hydrogen-bond donors (Lipinski definition) is 0. The minimum atomic E-state index is 0.337. The summed E-state index contributed by atoms with van der Waals surface area (Å²) in [6.45, 7) is 6.07. The van der Waals surface area contributed by atoms with Crippen LogP contribution in [0.1, 0.15) is 26.7 Å². The van der Waals surface area contributed by atoms with Crippen LogP contribution >= 0.6 is 11.6 Å². The van der Waals surface area contributed by atoms with E-state index in [0.29, 0.717) is 17.2 Å². The third-order valence-electron chi connectivity index (χ3n) is 2.37. The molecule has 2 heteroatoms. The first-order chi connectivity index (χ1) is 5.25. The molecule has 0 aromatic carbocycles. The predicted molar refractivity (Wildman–Crippen MR) is 48.0 cm³/mol. The fraction of sp³-hybridized carbons (Fsp3) is 1.00.